The number of likely N-dealkylation sites (tertiary alicyclic amines) is 1. The van der Waals surface area contributed by atoms with Gasteiger partial charge in [0, 0.05) is 20.0 Å². The Morgan fingerprint density at radius 3 is 1.92 bits per heavy atom. The second kappa shape index (κ2) is 7.63. The summed E-state index contributed by atoms with van der Waals surface area (Å²) < 4.78 is 0. The molecule has 1 aliphatic heterocycles. The second-order valence-electron chi connectivity index (χ2n) is 6.71. The fraction of sp³-hybridized carbons (Fsp3) is 0.381. The predicted octanol–water partition coefficient (Wildman–Crippen LogP) is 3.20. The van der Waals surface area contributed by atoms with Gasteiger partial charge >= 0.3 is 0 Å². The van der Waals surface area contributed by atoms with E-state index in [2.05, 4.69) is 58.7 Å². The Morgan fingerprint density at radius 1 is 0.958 bits per heavy atom. The van der Waals surface area contributed by atoms with Gasteiger partial charge in [-0.25, -0.2) is 0 Å². The molecule has 24 heavy (non-hydrogen) atoms. The van der Waals surface area contributed by atoms with Crippen LogP contribution in [0.25, 0.3) is 0 Å². The smallest absolute Gasteiger partial charge is 0.216 e. The van der Waals surface area contributed by atoms with Gasteiger partial charge in [0.15, 0.2) is 0 Å². The van der Waals surface area contributed by atoms with Crippen molar-refractivity contribution in [3.63, 3.8) is 0 Å². The van der Waals surface area contributed by atoms with Gasteiger partial charge in [0.2, 0.25) is 5.91 Å². The Morgan fingerprint density at radius 2 is 1.46 bits per heavy atom. The van der Waals surface area contributed by atoms with E-state index in [4.69, 9.17) is 0 Å². The monoisotopic (exact) mass is 322 g/mol. The highest BCUT2D eigenvalue weighted by atomic mass is 16.1. The maximum atomic E-state index is 11.7. The van der Waals surface area contributed by atoms with Gasteiger partial charge in [0.1, 0.15) is 0 Å². The topological polar surface area (TPSA) is 32.3 Å². The summed E-state index contributed by atoms with van der Waals surface area (Å²) >= 11 is 0. The van der Waals surface area contributed by atoms with Crippen molar-refractivity contribution < 1.29 is 4.79 Å². The maximum Gasteiger partial charge on any atom is 0.216 e. The van der Waals surface area contributed by atoms with Gasteiger partial charge < -0.3 is 10.2 Å². The number of hydrogen-bond donors (Lipinski definition) is 1. The van der Waals surface area contributed by atoms with Crippen LogP contribution in [-0.2, 0) is 10.2 Å². The Bertz CT molecular complexity index is 609. The van der Waals surface area contributed by atoms with E-state index >= 15 is 0 Å². The quantitative estimate of drug-likeness (QED) is 0.886. The van der Waals surface area contributed by atoms with Gasteiger partial charge in [-0.2, -0.15) is 0 Å². The molecule has 1 N–H and O–H groups in total. The summed E-state index contributed by atoms with van der Waals surface area (Å²) in [5.74, 6) is 0.0210. The van der Waals surface area contributed by atoms with Crippen molar-refractivity contribution in [1.82, 2.24) is 10.2 Å². The molecule has 0 aliphatic carbocycles. The standard InChI is InChI=1S/C21H26N2O/c1-18(24)22-16-21(17-23-14-8-9-15-23,19-10-4-2-5-11-19)20-12-6-3-7-13-20/h2-7,10-13H,8-9,14-17H2,1H3,(H,22,24). The van der Waals surface area contributed by atoms with Crippen LogP contribution in [0.2, 0.25) is 0 Å². The fourth-order valence-electron chi connectivity index (χ4n) is 3.72. The van der Waals surface area contributed by atoms with Crippen LogP contribution in [0.15, 0.2) is 60.7 Å². The van der Waals surface area contributed by atoms with Crippen molar-refractivity contribution >= 4 is 5.91 Å². The number of rotatable bonds is 6. The van der Waals surface area contributed by atoms with Crippen molar-refractivity contribution in [3.8, 4) is 0 Å². The first-order chi connectivity index (χ1) is 11.7. The minimum absolute atomic E-state index is 0.0210. The Hall–Kier alpha value is -2.13. The van der Waals surface area contributed by atoms with E-state index in [1.165, 1.54) is 24.0 Å². The van der Waals surface area contributed by atoms with E-state index in [0.29, 0.717) is 6.54 Å². The first kappa shape index (κ1) is 16.7. The van der Waals surface area contributed by atoms with Gasteiger partial charge in [-0.05, 0) is 37.1 Å². The summed E-state index contributed by atoms with van der Waals surface area (Å²) in [6.45, 7) is 5.42. The minimum Gasteiger partial charge on any atom is -0.355 e. The molecule has 126 valence electrons. The summed E-state index contributed by atoms with van der Waals surface area (Å²) in [4.78, 5) is 14.2. The molecule has 1 saturated heterocycles. The average molecular weight is 322 g/mol. The number of nitrogens with zero attached hydrogens (tertiary/aromatic N) is 1. The van der Waals surface area contributed by atoms with Crippen LogP contribution >= 0.6 is 0 Å². The Balaban J connectivity index is 2.05. The Labute approximate surface area is 144 Å². The number of carbonyl (C=O) groups excluding carboxylic acids is 1. The normalized spacial score (nSPS) is 15.4. The first-order valence-corrected chi connectivity index (χ1v) is 8.78. The van der Waals surface area contributed by atoms with Crippen LogP contribution < -0.4 is 5.32 Å². The lowest BCUT2D eigenvalue weighted by atomic mass is 9.73. The van der Waals surface area contributed by atoms with Crippen LogP contribution in [0, 0.1) is 0 Å². The largest absolute Gasteiger partial charge is 0.355 e. The van der Waals surface area contributed by atoms with Gasteiger partial charge in [-0.3, -0.25) is 4.79 Å². The third-order valence-corrected chi connectivity index (χ3v) is 4.98. The molecule has 2 aromatic carbocycles. The van der Waals surface area contributed by atoms with E-state index in [0.717, 1.165) is 19.6 Å². The molecule has 0 aromatic heterocycles. The molecular formula is C21H26N2O. The second-order valence-corrected chi connectivity index (χ2v) is 6.71. The number of carbonyl (C=O) groups is 1. The molecule has 0 saturated carbocycles. The summed E-state index contributed by atoms with van der Waals surface area (Å²) in [6.07, 6.45) is 2.53. The van der Waals surface area contributed by atoms with Crippen molar-refractivity contribution in [2.75, 3.05) is 26.2 Å². The molecule has 0 bridgehead atoms. The van der Waals surface area contributed by atoms with Crippen molar-refractivity contribution in [2.45, 2.75) is 25.2 Å². The van der Waals surface area contributed by atoms with E-state index in [9.17, 15) is 4.79 Å². The summed E-state index contributed by atoms with van der Waals surface area (Å²) in [5.41, 5.74) is 2.30. The summed E-state index contributed by atoms with van der Waals surface area (Å²) in [5, 5.41) is 3.09. The third-order valence-electron chi connectivity index (χ3n) is 4.98. The van der Waals surface area contributed by atoms with Crippen molar-refractivity contribution in [3.05, 3.63) is 71.8 Å². The molecule has 0 atom stereocenters. The van der Waals surface area contributed by atoms with Crippen molar-refractivity contribution in [2.24, 2.45) is 0 Å². The molecule has 1 aliphatic rings. The average Bonchev–Trinajstić information content (AvgIpc) is 3.13. The number of hydrogen-bond acceptors (Lipinski definition) is 2. The summed E-state index contributed by atoms with van der Waals surface area (Å²) in [6, 6.07) is 21.2. The summed E-state index contributed by atoms with van der Waals surface area (Å²) in [7, 11) is 0. The highest BCUT2D eigenvalue weighted by molar-refractivity contribution is 5.73. The number of amides is 1. The predicted molar refractivity (Wildman–Crippen MR) is 98.0 cm³/mol. The maximum absolute atomic E-state index is 11.7. The van der Waals surface area contributed by atoms with E-state index in [-0.39, 0.29) is 11.3 Å². The zero-order valence-electron chi connectivity index (χ0n) is 14.4. The number of nitrogens with one attached hydrogen (secondary N) is 1. The van der Waals surface area contributed by atoms with Gasteiger partial charge in [-0.15, -0.1) is 0 Å². The molecule has 0 unspecified atom stereocenters. The molecule has 0 spiro atoms. The third kappa shape index (κ3) is 3.68. The van der Waals surface area contributed by atoms with Crippen LogP contribution in [0.3, 0.4) is 0 Å². The van der Waals surface area contributed by atoms with Gasteiger partial charge in [0.25, 0.3) is 0 Å². The van der Waals surface area contributed by atoms with E-state index in [1.54, 1.807) is 6.92 Å². The van der Waals surface area contributed by atoms with Crippen molar-refractivity contribution in [1.29, 1.82) is 0 Å². The van der Waals surface area contributed by atoms with Crippen LogP contribution in [0.1, 0.15) is 30.9 Å². The van der Waals surface area contributed by atoms with E-state index < -0.39 is 0 Å². The molecule has 1 amide bonds. The highest BCUT2D eigenvalue weighted by Gasteiger charge is 2.36. The zero-order valence-corrected chi connectivity index (χ0v) is 14.4. The molecule has 2 aromatic rings. The number of benzene rings is 2. The zero-order chi connectivity index (χ0) is 16.8. The van der Waals surface area contributed by atoms with Crippen LogP contribution in [0.5, 0.6) is 0 Å². The van der Waals surface area contributed by atoms with Gasteiger partial charge in [0.05, 0.1) is 5.41 Å². The minimum atomic E-state index is -0.224. The fourth-order valence-corrected chi connectivity index (χ4v) is 3.72. The lowest BCUT2D eigenvalue weighted by molar-refractivity contribution is -0.119. The SMILES string of the molecule is CC(=O)NCC(CN1CCCC1)(c1ccccc1)c1ccccc1. The molecule has 3 nitrogen and oxygen atoms in total. The molecule has 0 radical (unpaired) electrons. The molecule has 1 fully saturated rings. The van der Waals surface area contributed by atoms with Crippen LogP contribution in [0.4, 0.5) is 0 Å². The van der Waals surface area contributed by atoms with Gasteiger partial charge in [-0.1, -0.05) is 60.7 Å². The Kier molecular flexibility index (Phi) is 5.31. The highest BCUT2D eigenvalue weighted by Crippen LogP contribution is 2.34. The first-order valence-electron chi connectivity index (χ1n) is 8.78. The molecule has 3 heteroatoms. The van der Waals surface area contributed by atoms with E-state index in [1.807, 2.05) is 12.1 Å². The molecule has 3 rings (SSSR count). The lowest BCUT2D eigenvalue weighted by Gasteiger charge is -2.38. The molecule has 1 heterocycles. The molecular weight excluding hydrogens is 296 g/mol. The van der Waals surface area contributed by atoms with Crippen LogP contribution in [-0.4, -0.2) is 37.0 Å². The lowest BCUT2D eigenvalue weighted by Crippen LogP contribution is -2.48.